The summed E-state index contributed by atoms with van der Waals surface area (Å²) in [7, 11) is 0. The van der Waals surface area contributed by atoms with Crippen molar-refractivity contribution in [3.05, 3.63) is 22.9 Å². The summed E-state index contributed by atoms with van der Waals surface area (Å²) in [5.74, 6) is -0.157. The number of carboxylic acids is 1. The molecule has 4 nitrogen and oxygen atoms in total. The molecule has 1 atom stereocenters. The normalized spacial score (nSPS) is 22.4. The maximum atomic E-state index is 11.5. The van der Waals surface area contributed by atoms with Crippen LogP contribution < -0.4 is 4.90 Å². The van der Waals surface area contributed by atoms with E-state index in [9.17, 15) is 9.90 Å². The van der Waals surface area contributed by atoms with Gasteiger partial charge in [-0.2, -0.15) is 0 Å². The van der Waals surface area contributed by atoms with Crippen molar-refractivity contribution in [2.45, 2.75) is 51.5 Å². The lowest BCUT2D eigenvalue weighted by molar-refractivity contribution is 0.0697. The number of aromatic nitrogens is 1. The van der Waals surface area contributed by atoms with Crippen molar-refractivity contribution in [2.24, 2.45) is 0 Å². The summed E-state index contributed by atoms with van der Waals surface area (Å²) in [5.41, 5.74) is 2.62. The Bertz CT molecular complexity index is 513. The molecule has 3 rings (SSSR count). The lowest BCUT2D eigenvalue weighted by atomic mass is 10.0. The number of carbonyl (C=O) groups is 1. The van der Waals surface area contributed by atoms with Gasteiger partial charge in [-0.1, -0.05) is 0 Å². The van der Waals surface area contributed by atoms with Crippen LogP contribution in [0.3, 0.4) is 0 Å². The average Bonchev–Trinajstić information content (AvgIpc) is 2.85. The van der Waals surface area contributed by atoms with Gasteiger partial charge in [-0.3, -0.25) is 0 Å². The Labute approximate surface area is 113 Å². The van der Waals surface area contributed by atoms with E-state index in [1.807, 2.05) is 6.07 Å². The zero-order valence-electron chi connectivity index (χ0n) is 11.4. The molecule has 1 aromatic rings. The lowest BCUT2D eigenvalue weighted by Crippen LogP contribution is -2.39. The van der Waals surface area contributed by atoms with Crippen LogP contribution in [0.25, 0.3) is 0 Å². The van der Waals surface area contributed by atoms with E-state index >= 15 is 0 Å². The Morgan fingerprint density at radius 3 is 2.95 bits per heavy atom. The van der Waals surface area contributed by atoms with E-state index in [-0.39, 0.29) is 0 Å². The minimum absolute atomic E-state index is 0.384. The van der Waals surface area contributed by atoms with Crippen LogP contribution in [0.1, 0.15) is 54.2 Å². The van der Waals surface area contributed by atoms with E-state index in [0.717, 1.165) is 49.9 Å². The number of rotatable bonds is 2. The van der Waals surface area contributed by atoms with Crippen molar-refractivity contribution in [1.29, 1.82) is 0 Å². The molecule has 1 aromatic heterocycles. The van der Waals surface area contributed by atoms with Gasteiger partial charge in [0.15, 0.2) is 0 Å². The SMILES string of the molecule is CC1CCCCN1c1nc2c(cc1C(=O)O)CCC2. The quantitative estimate of drug-likeness (QED) is 0.888. The number of aryl methyl sites for hydroxylation is 2. The topological polar surface area (TPSA) is 53.4 Å². The Morgan fingerprint density at radius 1 is 1.37 bits per heavy atom. The van der Waals surface area contributed by atoms with Gasteiger partial charge in [0.1, 0.15) is 11.4 Å². The minimum Gasteiger partial charge on any atom is -0.478 e. The molecule has 0 bridgehead atoms. The summed E-state index contributed by atoms with van der Waals surface area (Å²) in [6.07, 6.45) is 6.54. The molecule has 19 heavy (non-hydrogen) atoms. The Hall–Kier alpha value is -1.58. The number of piperidine rings is 1. The number of pyridine rings is 1. The van der Waals surface area contributed by atoms with Gasteiger partial charge < -0.3 is 10.0 Å². The third-order valence-corrected chi connectivity index (χ3v) is 4.34. The lowest BCUT2D eigenvalue weighted by Gasteiger charge is -2.35. The van der Waals surface area contributed by atoms with Gasteiger partial charge in [0, 0.05) is 18.3 Å². The predicted molar refractivity (Wildman–Crippen MR) is 73.9 cm³/mol. The van der Waals surface area contributed by atoms with E-state index in [0.29, 0.717) is 17.4 Å². The molecular formula is C15H20N2O2. The number of fused-ring (bicyclic) bond motifs is 1. The minimum atomic E-state index is -0.852. The highest BCUT2D eigenvalue weighted by Gasteiger charge is 2.27. The van der Waals surface area contributed by atoms with Gasteiger partial charge in [0.05, 0.1) is 0 Å². The molecule has 0 spiro atoms. The molecule has 102 valence electrons. The van der Waals surface area contributed by atoms with Crippen molar-refractivity contribution >= 4 is 11.8 Å². The second-order valence-corrected chi connectivity index (χ2v) is 5.66. The smallest absolute Gasteiger partial charge is 0.339 e. The molecule has 1 saturated heterocycles. The maximum absolute atomic E-state index is 11.5. The van der Waals surface area contributed by atoms with Gasteiger partial charge in [-0.05, 0) is 57.1 Å². The highest BCUT2D eigenvalue weighted by Crippen LogP contribution is 2.31. The van der Waals surface area contributed by atoms with Crippen molar-refractivity contribution < 1.29 is 9.90 Å². The molecule has 0 aromatic carbocycles. The van der Waals surface area contributed by atoms with E-state index in [2.05, 4.69) is 11.8 Å². The second kappa shape index (κ2) is 4.83. The predicted octanol–water partition coefficient (Wildman–Crippen LogP) is 2.65. The van der Waals surface area contributed by atoms with E-state index in [4.69, 9.17) is 4.98 Å². The molecule has 2 aliphatic rings. The molecule has 0 radical (unpaired) electrons. The van der Waals surface area contributed by atoms with E-state index < -0.39 is 5.97 Å². The van der Waals surface area contributed by atoms with Crippen LogP contribution in [0.2, 0.25) is 0 Å². The Morgan fingerprint density at radius 2 is 2.21 bits per heavy atom. The first kappa shape index (κ1) is 12.5. The summed E-state index contributed by atoms with van der Waals surface area (Å²) < 4.78 is 0. The first-order valence-electron chi connectivity index (χ1n) is 7.19. The van der Waals surface area contributed by atoms with Gasteiger partial charge in [-0.15, -0.1) is 0 Å². The van der Waals surface area contributed by atoms with Crippen LogP contribution >= 0.6 is 0 Å². The van der Waals surface area contributed by atoms with Crippen molar-refractivity contribution in [3.63, 3.8) is 0 Å². The van der Waals surface area contributed by atoms with E-state index in [1.165, 1.54) is 6.42 Å². The monoisotopic (exact) mass is 260 g/mol. The highest BCUT2D eigenvalue weighted by molar-refractivity contribution is 5.93. The van der Waals surface area contributed by atoms with Gasteiger partial charge in [0.25, 0.3) is 0 Å². The number of hydrogen-bond acceptors (Lipinski definition) is 3. The third-order valence-electron chi connectivity index (χ3n) is 4.34. The summed E-state index contributed by atoms with van der Waals surface area (Å²) in [4.78, 5) is 18.4. The van der Waals surface area contributed by atoms with Crippen LogP contribution in [0, 0.1) is 0 Å². The number of hydrogen-bond donors (Lipinski definition) is 1. The van der Waals surface area contributed by atoms with Crippen LogP contribution in [-0.2, 0) is 12.8 Å². The zero-order chi connectivity index (χ0) is 13.4. The summed E-state index contributed by atoms with van der Waals surface area (Å²) in [6, 6.07) is 2.24. The Kier molecular flexibility index (Phi) is 3.17. The number of carboxylic acid groups (broad SMARTS) is 1. The van der Waals surface area contributed by atoms with Crippen LogP contribution in [-0.4, -0.2) is 28.6 Å². The van der Waals surface area contributed by atoms with Crippen molar-refractivity contribution in [2.75, 3.05) is 11.4 Å². The van der Waals surface area contributed by atoms with Gasteiger partial charge >= 0.3 is 5.97 Å². The standard InChI is InChI=1S/C15H20N2O2/c1-10-5-2-3-8-17(10)14-12(15(18)19)9-11-6-4-7-13(11)16-14/h9-10H,2-8H2,1H3,(H,18,19). The number of nitrogens with zero attached hydrogens (tertiary/aromatic N) is 2. The fourth-order valence-electron chi connectivity index (χ4n) is 3.25. The highest BCUT2D eigenvalue weighted by atomic mass is 16.4. The van der Waals surface area contributed by atoms with E-state index in [1.54, 1.807) is 0 Å². The molecule has 4 heteroatoms. The van der Waals surface area contributed by atoms with Gasteiger partial charge in [0.2, 0.25) is 0 Å². The summed E-state index contributed by atoms with van der Waals surface area (Å²) in [6.45, 7) is 3.09. The second-order valence-electron chi connectivity index (χ2n) is 5.66. The van der Waals surface area contributed by atoms with Crippen LogP contribution in [0.4, 0.5) is 5.82 Å². The van der Waals surface area contributed by atoms with Crippen LogP contribution in [0.5, 0.6) is 0 Å². The molecular weight excluding hydrogens is 240 g/mol. The van der Waals surface area contributed by atoms with Crippen molar-refractivity contribution in [3.8, 4) is 0 Å². The van der Waals surface area contributed by atoms with Gasteiger partial charge in [-0.25, -0.2) is 9.78 Å². The number of anilines is 1. The third kappa shape index (κ3) is 2.20. The molecule has 0 amide bonds. The Balaban J connectivity index is 2.05. The maximum Gasteiger partial charge on any atom is 0.339 e. The molecule has 1 aliphatic heterocycles. The molecule has 1 fully saturated rings. The summed E-state index contributed by atoms with van der Waals surface area (Å²) in [5, 5.41) is 9.45. The fraction of sp³-hybridized carbons (Fsp3) is 0.600. The largest absolute Gasteiger partial charge is 0.478 e. The average molecular weight is 260 g/mol. The zero-order valence-corrected chi connectivity index (χ0v) is 11.4. The fourth-order valence-corrected chi connectivity index (χ4v) is 3.25. The summed E-state index contributed by atoms with van der Waals surface area (Å²) >= 11 is 0. The molecule has 1 N–H and O–H groups in total. The van der Waals surface area contributed by atoms with Crippen molar-refractivity contribution in [1.82, 2.24) is 4.98 Å². The first-order chi connectivity index (χ1) is 9.16. The molecule has 1 aliphatic carbocycles. The molecule has 2 heterocycles. The first-order valence-corrected chi connectivity index (χ1v) is 7.19. The molecule has 0 saturated carbocycles. The molecule has 1 unspecified atom stereocenters. The van der Waals surface area contributed by atoms with Crippen LogP contribution in [0.15, 0.2) is 6.07 Å². The number of aromatic carboxylic acids is 1.